The van der Waals surface area contributed by atoms with E-state index in [1.165, 1.54) is 0 Å². The molecule has 5 aromatic rings. The molecular weight excluding hydrogens is 541 g/mol. The highest BCUT2D eigenvalue weighted by Crippen LogP contribution is 2.30. The third-order valence-electron chi connectivity index (χ3n) is 6.61. The van der Waals surface area contributed by atoms with Crippen LogP contribution in [0.1, 0.15) is 36.8 Å². The first-order chi connectivity index (χ1) is 19.4. The van der Waals surface area contributed by atoms with Gasteiger partial charge in [0.15, 0.2) is 0 Å². The number of imidazole rings is 1. The van der Waals surface area contributed by atoms with E-state index in [2.05, 4.69) is 29.6 Å². The first-order valence-corrected chi connectivity index (χ1v) is 13.9. The van der Waals surface area contributed by atoms with Gasteiger partial charge >= 0.3 is 0 Å². The minimum atomic E-state index is -0.171. The summed E-state index contributed by atoms with van der Waals surface area (Å²) in [5, 5.41) is 6.46. The summed E-state index contributed by atoms with van der Waals surface area (Å²) in [7, 11) is 0. The zero-order valence-electron chi connectivity index (χ0n) is 22.3. The minimum absolute atomic E-state index is 0.0935. The summed E-state index contributed by atoms with van der Waals surface area (Å²) >= 11 is 12.6. The van der Waals surface area contributed by atoms with E-state index >= 15 is 0 Å². The van der Waals surface area contributed by atoms with Crippen LogP contribution in [0.3, 0.4) is 0 Å². The molecule has 7 heteroatoms. The summed E-state index contributed by atoms with van der Waals surface area (Å²) in [6, 6.07) is 27.3. The first-order valence-electron chi connectivity index (χ1n) is 13.1. The quantitative estimate of drug-likeness (QED) is 0.193. The number of amides is 1. The van der Waals surface area contributed by atoms with Crippen molar-refractivity contribution in [1.82, 2.24) is 14.9 Å². The van der Waals surface area contributed by atoms with Crippen molar-refractivity contribution in [3.05, 3.63) is 118 Å². The van der Waals surface area contributed by atoms with Gasteiger partial charge in [-0.2, -0.15) is 0 Å². The van der Waals surface area contributed by atoms with Crippen LogP contribution in [-0.2, 0) is 11.3 Å². The Bertz CT molecular complexity index is 1670. The Morgan fingerprint density at radius 2 is 1.77 bits per heavy atom. The maximum absolute atomic E-state index is 13.3. The van der Waals surface area contributed by atoms with Gasteiger partial charge in [-0.05, 0) is 72.2 Å². The number of nitrogens with one attached hydrogen (secondary N) is 1. The highest BCUT2D eigenvalue weighted by Gasteiger charge is 2.16. The second-order valence-electron chi connectivity index (χ2n) is 9.43. The normalized spacial score (nSPS) is 12.1. The number of aromatic nitrogens is 2. The van der Waals surface area contributed by atoms with E-state index in [9.17, 15) is 4.79 Å². The lowest BCUT2D eigenvalue weighted by Gasteiger charge is -2.17. The second kappa shape index (κ2) is 12.4. The van der Waals surface area contributed by atoms with Crippen LogP contribution in [-0.4, -0.2) is 22.1 Å². The maximum atomic E-state index is 13.3. The third kappa shape index (κ3) is 6.39. The van der Waals surface area contributed by atoms with Crippen LogP contribution in [0, 0.1) is 0 Å². The molecule has 0 aliphatic heterocycles. The third-order valence-corrected chi connectivity index (χ3v) is 7.16. The molecule has 1 heterocycles. The molecule has 1 aromatic heterocycles. The number of carbonyl (C=O) groups is 1. The average Bonchev–Trinajstić information content (AvgIpc) is 3.34. The van der Waals surface area contributed by atoms with Crippen molar-refractivity contribution in [3.63, 3.8) is 0 Å². The lowest BCUT2D eigenvalue weighted by molar-refractivity contribution is -0.122. The Morgan fingerprint density at radius 1 is 1.00 bits per heavy atom. The van der Waals surface area contributed by atoms with Crippen molar-refractivity contribution >= 4 is 52.0 Å². The van der Waals surface area contributed by atoms with Crippen molar-refractivity contribution < 1.29 is 9.53 Å². The smallest absolute Gasteiger partial charge is 0.240 e. The van der Waals surface area contributed by atoms with Gasteiger partial charge in [-0.1, -0.05) is 83.9 Å². The first kappa shape index (κ1) is 27.5. The topological polar surface area (TPSA) is 56.2 Å². The number of fused-ring (bicyclic) bond motifs is 1. The molecule has 0 saturated carbocycles. The molecule has 0 spiro atoms. The Kier molecular flexibility index (Phi) is 8.54. The highest BCUT2D eigenvalue weighted by molar-refractivity contribution is 6.36. The van der Waals surface area contributed by atoms with Gasteiger partial charge in [0.25, 0.3) is 0 Å². The second-order valence-corrected chi connectivity index (χ2v) is 10.3. The van der Waals surface area contributed by atoms with Crippen molar-refractivity contribution in [2.45, 2.75) is 26.4 Å². The van der Waals surface area contributed by atoms with Crippen molar-refractivity contribution in [1.29, 1.82) is 0 Å². The molecule has 1 amide bonds. The fraction of sp³-hybridized carbons (Fsp3) is 0.152. The molecule has 5 rings (SSSR count). The van der Waals surface area contributed by atoms with Crippen LogP contribution in [0.5, 0.6) is 5.75 Å². The average molecular weight is 571 g/mol. The van der Waals surface area contributed by atoms with E-state index in [1.807, 2.05) is 85.3 Å². The Morgan fingerprint density at radius 3 is 2.55 bits per heavy atom. The molecule has 0 aliphatic rings. The number of benzene rings is 4. The molecule has 0 aliphatic carbocycles. The number of hydrogen-bond donors (Lipinski definition) is 1. The van der Waals surface area contributed by atoms with E-state index in [-0.39, 0.29) is 18.5 Å². The van der Waals surface area contributed by atoms with E-state index < -0.39 is 0 Å². The fourth-order valence-corrected chi connectivity index (χ4v) is 5.18. The van der Waals surface area contributed by atoms with E-state index in [1.54, 1.807) is 12.1 Å². The number of nitrogens with zero attached hydrogens (tertiary/aromatic N) is 2. The molecule has 1 unspecified atom stereocenters. The molecule has 0 radical (unpaired) electrons. The van der Waals surface area contributed by atoms with Crippen molar-refractivity contribution in [3.8, 4) is 17.0 Å². The number of halogens is 2. The van der Waals surface area contributed by atoms with Crippen LogP contribution in [0.4, 0.5) is 0 Å². The Balaban J connectivity index is 1.41. The van der Waals surface area contributed by atoms with Gasteiger partial charge in [0.2, 0.25) is 5.91 Å². The highest BCUT2D eigenvalue weighted by atomic mass is 35.5. The Labute approximate surface area is 244 Å². The predicted molar refractivity (Wildman–Crippen MR) is 165 cm³/mol. The molecule has 5 nitrogen and oxygen atoms in total. The van der Waals surface area contributed by atoms with Gasteiger partial charge in [-0.15, -0.1) is 0 Å². The monoisotopic (exact) mass is 569 g/mol. The van der Waals surface area contributed by atoms with Gasteiger partial charge in [-0.25, -0.2) is 4.98 Å². The van der Waals surface area contributed by atoms with Crippen LogP contribution >= 0.6 is 23.2 Å². The van der Waals surface area contributed by atoms with Crippen LogP contribution in [0.15, 0.2) is 91.1 Å². The van der Waals surface area contributed by atoms with Gasteiger partial charge in [0.1, 0.15) is 18.1 Å². The molecular formula is C33H29Cl2N3O2. The molecule has 4 aromatic carbocycles. The molecule has 0 fully saturated rings. The van der Waals surface area contributed by atoms with Crippen LogP contribution in [0.25, 0.3) is 34.2 Å². The van der Waals surface area contributed by atoms with E-state index in [0.717, 1.165) is 33.2 Å². The molecule has 0 bridgehead atoms. The summed E-state index contributed by atoms with van der Waals surface area (Å²) < 4.78 is 7.37. The minimum Gasteiger partial charge on any atom is -0.494 e. The fourth-order valence-electron chi connectivity index (χ4n) is 4.68. The molecule has 40 heavy (non-hydrogen) atoms. The molecule has 0 saturated heterocycles. The number of ether oxygens (including phenoxy) is 1. The van der Waals surface area contributed by atoms with Gasteiger partial charge in [0, 0.05) is 16.8 Å². The lowest BCUT2D eigenvalue weighted by Crippen LogP contribution is -2.30. The zero-order valence-corrected chi connectivity index (χ0v) is 23.8. The van der Waals surface area contributed by atoms with Crippen LogP contribution in [0.2, 0.25) is 10.0 Å². The largest absolute Gasteiger partial charge is 0.494 e. The molecule has 1 atom stereocenters. The summed E-state index contributed by atoms with van der Waals surface area (Å²) in [5.41, 5.74) is 3.45. The summed E-state index contributed by atoms with van der Waals surface area (Å²) in [6.07, 6.45) is 5.69. The number of hydrogen-bond acceptors (Lipinski definition) is 3. The summed E-state index contributed by atoms with van der Waals surface area (Å²) in [5.74, 6) is 1.32. The Hall–Kier alpha value is -4.06. The van der Waals surface area contributed by atoms with Crippen molar-refractivity contribution in [2.75, 3.05) is 6.61 Å². The molecule has 1 N–H and O–H groups in total. The zero-order chi connectivity index (χ0) is 28.1. The molecule has 202 valence electrons. The standard InChI is InChI=1S/C33H29Cl2N3O2/c1-3-40-26-15-11-23(12-16-26)13-18-32-37-31(29-17-14-25(34)19-30(29)35)20-38(32)21-33(39)36-22(2)27-10-6-8-24-7-4-5-9-28(24)27/h4-20,22H,3,21H2,1-2H3,(H,36,39). The van der Waals surface area contributed by atoms with Gasteiger partial charge in [0.05, 0.1) is 23.4 Å². The maximum Gasteiger partial charge on any atom is 0.240 e. The predicted octanol–water partition coefficient (Wildman–Crippen LogP) is 8.46. The lowest BCUT2D eigenvalue weighted by atomic mass is 10.00. The summed E-state index contributed by atoms with van der Waals surface area (Å²) in [4.78, 5) is 18.1. The van der Waals surface area contributed by atoms with Gasteiger partial charge < -0.3 is 14.6 Å². The van der Waals surface area contributed by atoms with Gasteiger partial charge in [-0.3, -0.25) is 4.79 Å². The van der Waals surface area contributed by atoms with Crippen molar-refractivity contribution in [2.24, 2.45) is 0 Å². The van der Waals surface area contributed by atoms with E-state index in [4.69, 9.17) is 32.9 Å². The SMILES string of the molecule is CCOc1ccc(C=Cc2nc(-c3ccc(Cl)cc3Cl)cn2CC(=O)NC(C)c2cccc3ccccc23)cc1. The van der Waals surface area contributed by atoms with Crippen LogP contribution < -0.4 is 10.1 Å². The number of carbonyl (C=O) groups excluding carboxylic acids is 1. The summed E-state index contributed by atoms with van der Waals surface area (Å²) in [6.45, 7) is 4.66. The van der Waals surface area contributed by atoms with E-state index in [0.29, 0.717) is 28.2 Å². The number of rotatable bonds is 9.